The molecule has 0 spiro atoms. The number of fused-ring (bicyclic) bond motifs is 1. The van der Waals surface area contributed by atoms with Gasteiger partial charge in [-0.15, -0.1) is 0 Å². The minimum absolute atomic E-state index is 0.00772. The van der Waals surface area contributed by atoms with Crippen LogP contribution in [0.5, 0.6) is 0 Å². The van der Waals surface area contributed by atoms with E-state index in [9.17, 15) is 14.0 Å². The number of benzene rings is 2. The average Bonchev–Trinajstić information content (AvgIpc) is 3.31. The minimum Gasteiger partial charge on any atom is -0.368 e. The second kappa shape index (κ2) is 9.90. The Hall–Kier alpha value is -3.06. The van der Waals surface area contributed by atoms with E-state index < -0.39 is 0 Å². The van der Waals surface area contributed by atoms with Gasteiger partial charge in [0.05, 0.1) is 0 Å². The molecule has 184 valence electrons. The molecule has 1 aromatic heterocycles. The number of nitrogens with zero attached hydrogens (tertiary/aromatic N) is 3. The quantitative estimate of drug-likeness (QED) is 0.564. The standard InChI is InChI=1S/C27H30ClFN4O2/c1-18(26(34)33-14-12-31(13-15-33)23-5-3-22(29)4-6-23)19-8-10-32(11-9-19)27(35)25-17-20-16-21(28)2-7-24(20)30-25/h2-7,16-19,30H,8-15H2,1H3. The number of piperazine rings is 1. The fourth-order valence-electron chi connectivity index (χ4n) is 5.32. The Morgan fingerprint density at radius 1 is 0.943 bits per heavy atom. The minimum atomic E-state index is -0.240. The lowest BCUT2D eigenvalue weighted by Crippen LogP contribution is -2.51. The van der Waals surface area contributed by atoms with Crippen LogP contribution in [0.25, 0.3) is 10.9 Å². The highest BCUT2D eigenvalue weighted by molar-refractivity contribution is 6.31. The van der Waals surface area contributed by atoms with Gasteiger partial charge in [0.2, 0.25) is 5.91 Å². The lowest BCUT2D eigenvalue weighted by atomic mass is 9.84. The molecule has 1 unspecified atom stereocenters. The molecule has 0 aliphatic carbocycles. The summed E-state index contributed by atoms with van der Waals surface area (Å²) >= 11 is 6.07. The van der Waals surface area contributed by atoms with Crippen LogP contribution in [0.2, 0.25) is 5.02 Å². The summed E-state index contributed by atoms with van der Waals surface area (Å²) in [5, 5.41) is 1.57. The van der Waals surface area contributed by atoms with Crippen molar-refractivity contribution in [1.29, 1.82) is 0 Å². The highest BCUT2D eigenvalue weighted by Gasteiger charge is 2.33. The first-order valence-electron chi connectivity index (χ1n) is 12.3. The first-order chi connectivity index (χ1) is 16.9. The molecule has 2 aliphatic heterocycles. The number of halogens is 2. The number of hydrogen-bond acceptors (Lipinski definition) is 3. The first kappa shape index (κ1) is 23.7. The lowest BCUT2D eigenvalue weighted by molar-refractivity contribution is -0.137. The van der Waals surface area contributed by atoms with Gasteiger partial charge in [-0.3, -0.25) is 9.59 Å². The predicted molar refractivity (Wildman–Crippen MR) is 136 cm³/mol. The van der Waals surface area contributed by atoms with E-state index >= 15 is 0 Å². The van der Waals surface area contributed by atoms with Crippen LogP contribution in [-0.4, -0.2) is 65.9 Å². The molecule has 2 saturated heterocycles. The number of piperidine rings is 1. The van der Waals surface area contributed by atoms with E-state index in [0.717, 1.165) is 42.5 Å². The number of H-pyrrole nitrogens is 1. The smallest absolute Gasteiger partial charge is 0.270 e. The second-order valence-electron chi connectivity index (χ2n) is 9.62. The van der Waals surface area contributed by atoms with E-state index in [4.69, 9.17) is 11.6 Å². The Labute approximate surface area is 209 Å². The molecule has 0 saturated carbocycles. The van der Waals surface area contributed by atoms with Crippen molar-refractivity contribution in [2.75, 3.05) is 44.2 Å². The van der Waals surface area contributed by atoms with Crippen LogP contribution in [0.4, 0.5) is 10.1 Å². The Morgan fingerprint density at radius 3 is 2.31 bits per heavy atom. The molecule has 0 bridgehead atoms. The summed E-state index contributed by atoms with van der Waals surface area (Å²) in [6, 6.07) is 13.9. The number of rotatable bonds is 4. The van der Waals surface area contributed by atoms with Crippen molar-refractivity contribution in [1.82, 2.24) is 14.8 Å². The molecule has 5 rings (SSSR count). The van der Waals surface area contributed by atoms with E-state index in [1.807, 2.05) is 34.9 Å². The van der Waals surface area contributed by atoms with Crippen LogP contribution in [0.15, 0.2) is 48.5 Å². The molecular formula is C27H30ClFN4O2. The molecule has 8 heteroatoms. The summed E-state index contributed by atoms with van der Waals surface area (Å²) in [5.74, 6) is 0.145. The molecule has 3 aromatic rings. The number of anilines is 1. The Balaban J connectivity index is 1.13. The van der Waals surface area contributed by atoms with Gasteiger partial charge in [0, 0.05) is 66.8 Å². The number of aromatic nitrogens is 1. The predicted octanol–water partition coefficient (Wildman–Crippen LogP) is 4.80. The molecule has 3 heterocycles. The van der Waals surface area contributed by atoms with E-state index in [2.05, 4.69) is 9.88 Å². The zero-order valence-corrected chi connectivity index (χ0v) is 20.6. The number of hydrogen-bond donors (Lipinski definition) is 1. The molecule has 6 nitrogen and oxygen atoms in total. The molecule has 2 aromatic carbocycles. The summed E-state index contributed by atoms with van der Waals surface area (Å²) in [5.41, 5.74) is 2.46. The lowest BCUT2D eigenvalue weighted by Gasteiger charge is -2.39. The summed E-state index contributed by atoms with van der Waals surface area (Å²) in [6.45, 7) is 6.15. The number of nitrogens with one attached hydrogen (secondary N) is 1. The number of amides is 2. The topological polar surface area (TPSA) is 59.7 Å². The largest absolute Gasteiger partial charge is 0.368 e. The fourth-order valence-corrected chi connectivity index (χ4v) is 5.50. The summed E-state index contributed by atoms with van der Waals surface area (Å²) in [4.78, 5) is 35.5. The maximum atomic E-state index is 13.2. The van der Waals surface area contributed by atoms with E-state index in [0.29, 0.717) is 36.9 Å². The Kier molecular flexibility index (Phi) is 6.69. The summed E-state index contributed by atoms with van der Waals surface area (Å²) < 4.78 is 13.2. The molecule has 1 N–H and O–H groups in total. The van der Waals surface area contributed by atoms with E-state index in [1.54, 1.807) is 18.2 Å². The second-order valence-corrected chi connectivity index (χ2v) is 10.1. The monoisotopic (exact) mass is 496 g/mol. The molecule has 2 fully saturated rings. The van der Waals surface area contributed by atoms with Crippen molar-refractivity contribution in [2.24, 2.45) is 11.8 Å². The van der Waals surface area contributed by atoms with Crippen LogP contribution >= 0.6 is 11.6 Å². The van der Waals surface area contributed by atoms with Crippen molar-refractivity contribution in [2.45, 2.75) is 19.8 Å². The van der Waals surface area contributed by atoms with Crippen LogP contribution in [0.3, 0.4) is 0 Å². The molecule has 35 heavy (non-hydrogen) atoms. The number of likely N-dealkylation sites (tertiary alicyclic amines) is 1. The van der Waals surface area contributed by atoms with Crippen molar-refractivity contribution >= 4 is 40.0 Å². The molecular weight excluding hydrogens is 467 g/mol. The first-order valence-corrected chi connectivity index (χ1v) is 12.6. The average molecular weight is 497 g/mol. The van der Waals surface area contributed by atoms with Gasteiger partial charge in [0.15, 0.2) is 0 Å². The van der Waals surface area contributed by atoms with E-state index in [1.165, 1.54) is 12.1 Å². The number of carbonyl (C=O) groups is 2. The van der Waals surface area contributed by atoms with Gasteiger partial charge in [-0.1, -0.05) is 18.5 Å². The maximum absolute atomic E-state index is 13.2. The van der Waals surface area contributed by atoms with Crippen LogP contribution in [0.1, 0.15) is 30.3 Å². The summed E-state index contributed by atoms with van der Waals surface area (Å²) in [7, 11) is 0. The number of aromatic amines is 1. The van der Waals surface area contributed by atoms with Crippen molar-refractivity contribution in [3.8, 4) is 0 Å². The Morgan fingerprint density at radius 2 is 1.63 bits per heavy atom. The third-order valence-corrected chi connectivity index (χ3v) is 7.75. The molecule has 2 amide bonds. The molecule has 2 aliphatic rings. The van der Waals surface area contributed by atoms with Crippen molar-refractivity contribution in [3.05, 3.63) is 65.1 Å². The van der Waals surface area contributed by atoms with Gasteiger partial charge in [0.25, 0.3) is 5.91 Å². The van der Waals surface area contributed by atoms with Crippen LogP contribution in [0, 0.1) is 17.7 Å². The fraction of sp³-hybridized carbons (Fsp3) is 0.407. The van der Waals surface area contributed by atoms with Crippen molar-refractivity contribution in [3.63, 3.8) is 0 Å². The van der Waals surface area contributed by atoms with Crippen LogP contribution in [-0.2, 0) is 4.79 Å². The third kappa shape index (κ3) is 5.01. The van der Waals surface area contributed by atoms with Gasteiger partial charge in [-0.05, 0) is 67.3 Å². The highest BCUT2D eigenvalue weighted by Crippen LogP contribution is 2.29. The van der Waals surface area contributed by atoms with Gasteiger partial charge >= 0.3 is 0 Å². The zero-order valence-electron chi connectivity index (χ0n) is 19.8. The summed E-state index contributed by atoms with van der Waals surface area (Å²) in [6.07, 6.45) is 1.64. The SMILES string of the molecule is CC(C(=O)N1CCN(c2ccc(F)cc2)CC1)C1CCN(C(=O)c2cc3cc(Cl)ccc3[nH]2)CC1. The van der Waals surface area contributed by atoms with Gasteiger partial charge in [-0.25, -0.2) is 4.39 Å². The zero-order chi connectivity index (χ0) is 24.5. The Bertz CT molecular complexity index is 1210. The highest BCUT2D eigenvalue weighted by atomic mass is 35.5. The van der Waals surface area contributed by atoms with E-state index in [-0.39, 0.29) is 29.5 Å². The van der Waals surface area contributed by atoms with Crippen molar-refractivity contribution < 1.29 is 14.0 Å². The van der Waals surface area contributed by atoms with Gasteiger partial charge < -0.3 is 19.7 Å². The van der Waals surface area contributed by atoms with Gasteiger partial charge in [-0.2, -0.15) is 0 Å². The normalized spacial score (nSPS) is 18.2. The molecule has 1 atom stereocenters. The number of carbonyl (C=O) groups excluding carboxylic acids is 2. The van der Waals surface area contributed by atoms with Gasteiger partial charge in [0.1, 0.15) is 11.5 Å². The third-order valence-electron chi connectivity index (χ3n) is 7.52. The maximum Gasteiger partial charge on any atom is 0.270 e. The van der Waals surface area contributed by atoms with Crippen LogP contribution < -0.4 is 4.90 Å². The molecule has 0 radical (unpaired) electrons.